The zero-order valence-corrected chi connectivity index (χ0v) is 7.18. The predicted molar refractivity (Wildman–Crippen MR) is 41.8 cm³/mol. The molecule has 6 heteroatoms. The maximum Gasteiger partial charge on any atom is 0.454 e. The van der Waals surface area contributed by atoms with Crippen molar-refractivity contribution in [2.75, 3.05) is 0 Å². The van der Waals surface area contributed by atoms with Crippen molar-refractivity contribution in [1.29, 1.82) is 0 Å². The molecule has 1 nitrogen and oxygen atoms in total. The van der Waals surface area contributed by atoms with Gasteiger partial charge < -0.3 is 0 Å². The first-order valence-corrected chi connectivity index (χ1v) is 3.82. The maximum absolute atomic E-state index is 12.3. The van der Waals surface area contributed by atoms with Crippen LogP contribution in [0.3, 0.4) is 0 Å². The van der Waals surface area contributed by atoms with Gasteiger partial charge in [-0.05, 0) is 0 Å². The van der Waals surface area contributed by atoms with Gasteiger partial charge in [0.1, 0.15) is 0 Å². The zero-order valence-electron chi connectivity index (χ0n) is 7.18. The summed E-state index contributed by atoms with van der Waals surface area (Å²) in [5.74, 6) is -2.25. The zero-order chi connectivity index (χ0) is 11.6. The van der Waals surface area contributed by atoms with Gasteiger partial charge in [0.25, 0.3) is 12.2 Å². The van der Waals surface area contributed by atoms with Crippen molar-refractivity contribution in [2.45, 2.75) is 12.6 Å². The number of hydrogen-bond acceptors (Lipinski definition) is 1. The van der Waals surface area contributed by atoms with E-state index in [4.69, 9.17) is 0 Å². The van der Waals surface area contributed by atoms with Gasteiger partial charge in [-0.25, -0.2) is 8.78 Å². The molecule has 0 unspecified atom stereocenters. The summed E-state index contributed by atoms with van der Waals surface area (Å²) in [5, 5.41) is 0. The Morgan fingerprint density at radius 1 is 1.13 bits per heavy atom. The van der Waals surface area contributed by atoms with Crippen LogP contribution in [0.25, 0.3) is 0 Å². The van der Waals surface area contributed by atoms with Crippen molar-refractivity contribution < 1.29 is 26.7 Å². The van der Waals surface area contributed by atoms with Gasteiger partial charge >= 0.3 is 6.18 Å². The quantitative estimate of drug-likeness (QED) is 0.556. The van der Waals surface area contributed by atoms with Gasteiger partial charge in [0.15, 0.2) is 0 Å². The maximum atomic E-state index is 12.3. The van der Waals surface area contributed by atoms with E-state index in [0.29, 0.717) is 0 Å². The van der Waals surface area contributed by atoms with Crippen LogP contribution in [0.2, 0.25) is 0 Å². The molecule has 0 N–H and O–H groups in total. The second-order valence-electron chi connectivity index (χ2n) is 2.71. The molecule has 0 saturated carbocycles. The molecule has 0 amide bonds. The summed E-state index contributed by atoms with van der Waals surface area (Å²) in [7, 11) is 0. The predicted octanol–water partition coefficient (Wildman–Crippen LogP) is 3.37. The second-order valence-corrected chi connectivity index (χ2v) is 2.71. The van der Waals surface area contributed by atoms with E-state index in [0.717, 1.165) is 24.3 Å². The molecule has 0 bridgehead atoms. The summed E-state index contributed by atoms with van der Waals surface area (Å²) in [4.78, 5) is 10.7. The molecular weight excluding hydrogens is 219 g/mol. The Morgan fingerprint density at radius 2 is 1.67 bits per heavy atom. The molecule has 0 aromatic heterocycles. The lowest BCUT2D eigenvalue weighted by Gasteiger charge is -2.09. The van der Waals surface area contributed by atoms with Crippen molar-refractivity contribution in [1.82, 2.24) is 0 Å². The third-order valence-corrected chi connectivity index (χ3v) is 1.70. The molecule has 15 heavy (non-hydrogen) atoms. The number of hydrogen-bond donors (Lipinski definition) is 0. The van der Waals surface area contributed by atoms with E-state index in [1.54, 1.807) is 0 Å². The third-order valence-electron chi connectivity index (χ3n) is 1.70. The molecule has 0 fully saturated rings. The topological polar surface area (TPSA) is 17.1 Å². The normalized spacial score (nSPS) is 11.9. The van der Waals surface area contributed by atoms with Crippen LogP contribution in [0.4, 0.5) is 22.0 Å². The lowest BCUT2D eigenvalue weighted by molar-refractivity contribution is -0.0887. The fourth-order valence-electron chi connectivity index (χ4n) is 1.05. The first-order chi connectivity index (χ1) is 6.84. The van der Waals surface area contributed by atoms with Crippen LogP contribution < -0.4 is 0 Å². The summed E-state index contributed by atoms with van der Waals surface area (Å²) in [6.07, 6.45) is -8.24. The number of carbonyl (C=O) groups excluding carboxylic acids is 1. The number of halogens is 5. The number of rotatable bonds is 2. The van der Waals surface area contributed by atoms with E-state index in [1.807, 2.05) is 0 Å². The molecule has 0 aliphatic rings. The van der Waals surface area contributed by atoms with Crippen molar-refractivity contribution in [3.8, 4) is 0 Å². The Bertz CT molecular complexity index is 369. The van der Waals surface area contributed by atoms with E-state index in [1.165, 1.54) is 0 Å². The fourth-order valence-corrected chi connectivity index (χ4v) is 1.05. The molecule has 0 saturated heterocycles. The lowest BCUT2D eigenvalue weighted by Crippen LogP contribution is -2.24. The van der Waals surface area contributed by atoms with Gasteiger partial charge in [-0.15, -0.1) is 0 Å². The SMILES string of the molecule is O=C(c1ccccc1C(F)F)C(F)(F)F. The molecular formula is C9H5F5O. The summed E-state index contributed by atoms with van der Waals surface area (Å²) in [6, 6.07) is 3.78. The van der Waals surface area contributed by atoms with Gasteiger partial charge in [0.05, 0.1) is 0 Å². The van der Waals surface area contributed by atoms with Gasteiger partial charge in [-0.2, -0.15) is 13.2 Å². The Morgan fingerprint density at radius 3 is 2.13 bits per heavy atom. The summed E-state index contributed by atoms with van der Waals surface area (Å²) < 4.78 is 60.5. The van der Waals surface area contributed by atoms with E-state index in [2.05, 4.69) is 0 Å². The standard InChI is InChI=1S/C9H5F5O/c10-8(11)6-4-2-1-3-5(6)7(15)9(12,13)14/h1-4,8H. The minimum Gasteiger partial charge on any atom is -0.284 e. The van der Waals surface area contributed by atoms with Crippen LogP contribution in [-0.4, -0.2) is 12.0 Å². The van der Waals surface area contributed by atoms with Gasteiger partial charge in [0, 0.05) is 11.1 Å². The Hall–Kier alpha value is -1.46. The minimum atomic E-state index is -5.13. The molecule has 0 heterocycles. The highest BCUT2D eigenvalue weighted by Crippen LogP contribution is 2.28. The van der Waals surface area contributed by atoms with Gasteiger partial charge in [-0.1, -0.05) is 24.3 Å². The van der Waals surface area contributed by atoms with E-state index in [-0.39, 0.29) is 0 Å². The van der Waals surface area contributed by atoms with Gasteiger partial charge in [-0.3, -0.25) is 4.79 Å². The fraction of sp³-hybridized carbons (Fsp3) is 0.222. The Kier molecular flexibility index (Phi) is 3.06. The summed E-state index contributed by atoms with van der Waals surface area (Å²) >= 11 is 0. The second kappa shape index (κ2) is 3.96. The highest BCUT2D eigenvalue weighted by molar-refractivity contribution is 6.01. The first-order valence-electron chi connectivity index (χ1n) is 3.82. The van der Waals surface area contributed by atoms with Crippen LogP contribution in [0.1, 0.15) is 22.3 Å². The van der Waals surface area contributed by atoms with Crippen molar-refractivity contribution in [2.24, 2.45) is 0 Å². The first kappa shape index (κ1) is 11.6. The number of carbonyl (C=O) groups is 1. The van der Waals surface area contributed by atoms with Crippen LogP contribution >= 0.6 is 0 Å². The van der Waals surface area contributed by atoms with Crippen molar-refractivity contribution in [3.05, 3.63) is 35.4 Å². The van der Waals surface area contributed by atoms with Crippen LogP contribution in [0.15, 0.2) is 24.3 Å². The highest BCUT2D eigenvalue weighted by Gasteiger charge is 2.40. The summed E-state index contributed by atoms with van der Waals surface area (Å²) in [6.45, 7) is 0. The average Bonchev–Trinajstić information content (AvgIpc) is 2.15. The molecule has 0 radical (unpaired) electrons. The highest BCUT2D eigenvalue weighted by atomic mass is 19.4. The smallest absolute Gasteiger partial charge is 0.284 e. The average molecular weight is 224 g/mol. The van der Waals surface area contributed by atoms with Crippen LogP contribution in [0.5, 0.6) is 0 Å². The number of Topliss-reactive ketones (excluding diaryl/α,β-unsaturated/α-hetero) is 1. The van der Waals surface area contributed by atoms with Crippen LogP contribution in [0, 0.1) is 0 Å². The third kappa shape index (κ3) is 2.51. The molecule has 0 aliphatic heterocycles. The minimum absolute atomic E-state index is 0.733. The van der Waals surface area contributed by atoms with Gasteiger partial charge in [0.2, 0.25) is 0 Å². The molecule has 0 spiro atoms. The largest absolute Gasteiger partial charge is 0.454 e. The van der Waals surface area contributed by atoms with E-state index < -0.39 is 29.5 Å². The number of benzene rings is 1. The molecule has 1 rings (SSSR count). The molecule has 0 aliphatic carbocycles. The Labute approximate surface area is 81.5 Å². The monoisotopic (exact) mass is 224 g/mol. The van der Waals surface area contributed by atoms with E-state index >= 15 is 0 Å². The molecule has 82 valence electrons. The summed E-state index contributed by atoms with van der Waals surface area (Å²) in [5.41, 5.74) is -1.90. The van der Waals surface area contributed by atoms with Crippen molar-refractivity contribution >= 4 is 5.78 Å². The number of alkyl halides is 5. The van der Waals surface area contributed by atoms with E-state index in [9.17, 15) is 26.7 Å². The molecule has 1 aromatic rings. The Balaban J connectivity index is 3.20. The lowest BCUT2D eigenvalue weighted by atomic mass is 10.0. The van der Waals surface area contributed by atoms with Crippen molar-refractivity contribution in [3.63, 3.8) is 0 Å². The number of ketones is 1. The molecule has 0 atom stereocenters. The molecule has 1 aromatic carbocycles. The van der Waals surface area contributed by atoms with Crippen LogP contribution in [-0.2, 0) is 0 Å².